The van der Waals surface area contributed by atoms with E-state index < -0.39 is 5.97 Å². The molecule has 104 valence electrons. The van der Waals surface area contributed by atoms with Crippen molar-refractivity contribution in [2.24, 2.45) is 5.92 Å². The van der Waals surface area contributed by atoms with Gasteiger partial charge >= 0.3 is 5.97 Å². The van der Waals surface area contributed by atoms with Gasteiger partial charge < -0.3 is 14.6 Å². The fraction of sp³-hybridized carbons (Fsp3) is 0.533. The summed E-state index contributed by atoms with van der Waals surface area (Å²) in [7, 11) is 1.29. The fourth-order valence-electron chi connectivity index (χ4n) is 2.45. The highest BCUT2D eigenvalue weighted by Gasteiger charge is 2.15. The van der Waals surface area contributed by atoms with Crippen molar-refractivity contribution in [1.29, 1.82) is 0 Å². The highest BCUT2D eigenvalue weighted by Crippen LogP contribution is 2.27. The van der Waals surface area contributed by atoms with Gasteiger partial charge in [-0.3, -0.25) is 0 Å². The molecule has 19 heavy (non-hydrogen) atoms. The molecule has 4 nitrogen and oxygen atoms in total. The van der Waals surface area contributed by atoms with Crippen molar-refractivity contribution in [2.45, 2.75) is 32.1 Å². The molecule has 0 aromatic heterocycles. The Labute approximate surface area is 113 Å². The van der Waals surface area contributed by atoms with Gasteiger partial charge in [0.2, 0.25) is 0 Å². The average molecular weight is 264 g/mol. The summed E-state index contributed by atoms with van der Waals surface area (Å²) in [6.07, 6.45) is 6.31. The van der Waals surface area contributed by atoms with E-state index in [4.69, 9.17) is 4.74 Å². The molecule has 0 aliphatic heterocycles. The van der Waals surface area contributed by atoms with Crippen LogP contribution >= 0.6 is 0 Å². The van der Waals surface area contributed by atoms with Crippen LogP contribution in [0.1, 0.15) is 42.5 Å². The summed E-state index contributed by atoms with van der Waals surface area (Å²) >= 11 is 0. The number of ether oxygens (including phenoxy) is 2. The molecule has 0 saturated heterocycles. The second kappa shape index (κ2) is 6.45. The van der Waals surface area contributed by atoms with Crippen LogP contribution in [0.3, 0.4) is 0 Å². The number of hydrogen-bond acceptors (Lipinski definition) is 4. The van der Waals surface area contributed by atoms with Crippen LogP contribution in [0, 0.1) is 5.92 Å². The maximum atomic E-state index is 11.3. The van der Waals surface area contributed by atoms with Crippen LogP contribution in [0.15, 0.2) is 18.2 Å². The molecular weight excluding hydrogens is 244 g/mol. The number of phenolic OH excluding ortho intramolecular Hbond substituents is 1. The number of hydrogen-bond donors (Lipinski definition) is 1. The highest BCUT2D eigenvalue weighted by molar-refractivity contribution is 5.92. The average Bonchev–Trinajstić information content (AvgIpc) is 2.45. The van der Waals surface area contributed by atoms with Crippen molar-refractivity contribution < 1.29 is 19.4 Å². The SMILES string of the molecule is COC(=O)c1ccc(OCC2CCCCC2)cc1O. The van der Waals surface area contributed by atoms with Gasteiger partial charge in [-0.25, -0.2) is 4.79 Å². The highest BCUT2D eigenvalue weighted by atomic mass is 16.5. The number of benzene rings is 1. The van der Waals surface area contributed by atoms with Gasteiger partial charge in [-0.05, 0) is 30.9 Å². The molecule has 1 aliphatic rings. The van der Waals surface area contributed by atoms with Gasteiger partial charge in [-0.1, -0.05) is 19.3 Å². The van der Waals surface area contributed by atoms with Crippen molar-refractivity contribution in [3.63, 3.8) is 0 Å². The van der Waals surface area contributed by atoms with Crippen LogP contribution in [0.2, 0.25) is 0 Å². The lowest BCUT2D eigenvalue weighted by Crippen LogP contribution is -2.15. The minimum Gasteiger partial charge on any atom is -0.507 e. The van der Waals surface area contributed by atoms with Crippen molar-refractivity contribution in [3.8, 4) is 11.5 Å². The fourth-order valence-corrected chi connectivity index (χ4v) is 2.45. The molecule has 1 N–H and O–H groups in total. The van der Waals surface area contributed by atoms with E-state index in [1.807, 2.05) is 0 Å². The van der Waals surface area contributed by atoms with Crippen LogP contribution < -0.4 is 4.74 Å². The van der Waals surface area contributed by atoms with Crippen LogP contribution in [0.5, 0.6) is 11.5 Å². The summed E-state index contributed by atoms with van der Waals surface area (Å²) in [5, 5.41) is 9.75. The van der Waals surface area contributed by atoms with Crippen molar-refractivity contribution in [2.75, 3.05) is 13.7 Å². The Morgan fingerprint density at radius 3 is 2.68 bits per heavy atom. The lowest BCUT2D eigenvalue weighted by molar-refractivity contribution is 0.0597. The van der Waals surface area contributed by atoms with Crippen LogP contribution in [0.4, 0.5) is 0 Å². The molecule has 0 spiro atoms. The monoisotopic (exact) mass is 264 g/mol. The maximum absolute atomic E-state index is 11.3. The number of phenols is 1. The number of methoxy groups -OCH3 is 1. The zero-order valence-electron chi connectivity index (χ0n) is 11.2. The molecule has 1 aliphatic carbocycles. The van der Waals surface area contributed by atoms with Crippen molar-refractivity contribution >= 4 is 5.97 Å². The zero-order valence-corrected chi connectivity index (χ0v) is 11.2. The van der Waals surface area contributed by atoms with Crippen LogP contribution in [0.25, 0.3) is 0 Å². The van der Waals surface area contributed by atoms with Gasteiger partial charge in [-0.2, -0.15) is 0 Å². The molecule has 1 fully saturated rings. The molecule has 0 radical (unpaired) electrons. The Kier molecular flexibility index (Phi) is 4.66. The van der Waals surface area contributed by atoms with Gasteiger partial charge in [0.15, 0.2) is 0 Å². The first-order valence-corrected chi connectivity index (χ1v) is 6.75. The third kappa shape index (κ3) is 3.63. The molecule has 1 aromatic carbocycles. The van der Waals surface area contributed by atoms with Crippen molar-refractivity contribution in [3.05, 3.63) is 23.8 Å². The van der Waals surface area contributed by atoms with E-state index in [1.54, 1.807) is 6.07 Å². The van der Waals surface area contributed by atoms with Crippen molar-refractivity contribution in [1.82, 2.24) is 0 Å². The van der Waals surface area contributed by atoms with E-state index in [9.17, 15) is 9.90 Å². The molecule has 1 aromatic rings. The van der Waals surface area contributed by atoms with E-state index >= 15 is 0 Å². The molecule has 4 heteroatoms. The summed E-state index contributed by atoms with van der Waals surface area (Å²) in [6, 6.07) is 4.68. The standard InChI is InChI=1S/C15H20O4/c1-18-15(17)13-8-7-12(9-14(13)16)19-10-11-5-3-2-4-6-11/h7-9,11,16H,2-6,10H2,1H3. The number of carbonyl (C=O) groups is 1. The second-order valence-electron chi connectivity index (χ2n) is 4.99. The van der Waals surface area contributed by atoms with E-state index in [0.717, 1.165) is 0 Å². The zero-order chi connectivity index (χ0) is 13.7. The predicted molar refractivity (Wildman–Crippen MR) is 71.5 cm³/mol. The van der Waals surface area contributed by atoms with Crippen LogP contribution in [-0.2, 0) is 4.74 Å². The number of aromatic hydroxyl groups is 1. The largest absolute Gasteiger partial charge is 0.507 e. The molecular formula is C15H20O4. The lowest BCUT2D eigenvalue weighted by Gasteiger charge is -2.21. The molecule has 0 unspecified atom stereocenters. The smallest absolute Gasteiger partial charge is 0.341 e. The summed E-state index contributed by atoms with van der Waals surface area (Å²) in [6.45, 7) is 0.678. The Balaban J connectivity index is 1.94. The van der Waals surface area contributed by atoms with E-state index in [-0.39, 0.29) is 11.3 Å². The van der Waals surface area contributed by atoms with E-state index in [1.165, 1.54) is 51.3 Å². The first-order chi connectivity index (χ1) is 9.20. The van der Waals surface area contributed by atoms with E-state index in [2.05, 4.69) is 4.74 Å². The normalized spacial score (nSPS) is 16.1. The maximum Gasteiger partial charge on any atom is 0.341 e. The molecule has 0 heterocycles. The molecule has 1 saturated carbocycles. The van der Waals surface area contributed by atoms with Gasteiger partial charge in [0.05, 0.1) is 13.7 Å². The number of rotatable bonds is 4. The Morgan fingerprint density at radius 2 is 2.05 bits per heavy atom. The molecule has 0 atom stereocenters. The summed E-state index contributed by atoms with van der Waals surface area (Å²) in [5.74, 6) is 0.552. The summed E-state index contributed by atoms with van der Waals surface area (Å²) < 4.78 is 10.3. The number of esters is 1. The quantitative estimate of drug-likeness (QED) is 0.849. The van der Waals surface area contributed by atoms with Gasteiger partial charge in [0.25, 0.3) is 0 Å². The third-order valence-corrected chi connectivity index (χ3v) is 3.58. The molecule has 0 amide bonds. The minimum atomic E-state index is -0.545. The topological polar surface area (TPSA) is 55.8 Å². The van der Waals surface area contributed by atoms with E-state index in [0.29, 0.717) is 18.3 Å². The lowest BCUT2D eigenvalue weighted by atomic mass is 9.90. The number of carbonyl (C=O) groups excluding carboxylic acids is 1. The Bertz CT molecular complexity index is 436. The Morgan fingerprint density at radius 1 is 1.32 bits per heavy atom. The van der Waals surface area contributed by atoms with Crippen LogP contribution in [-0.4, -0.2) is 24.8 Å². The summed E-state index contributed by atoms with van der Waals surface area (Å²) in [5.41, 5.74) is 0.160. The first-order valence-electron chi connectivity index (χ1n) is 6.75. The third-order valence-electron chi connectivity index (χ3n) is 3.58. The molecule has 2 rings (SSSR count). The second-order valence-corrected chi connectivity index (χ2v) is 4.99. The summed E-state index contributed by atoms with van der Waals surface area (Å²) in [4.78, 5) is 11.3. The first kappa shape index (κ1) is 13.7. The minimum absolute atomic E-state index is 0.104. The molecule has 0 bridgehead atoms. The van der Waals surface area contributed by atoms with Gasteiger partial charge in [-0.15, -0.1) is 0 Å². The Hall–Kier alpha value is -1.71. The van der Waals surface area contributed by atoms with Gasteiger partial charge in [0.1, 0.15) is 17.1 Å². The predicted octanol–water partition coefficient (Wildman–Crippen LogP) is 3.14. The van der Waals surface area contributed by atoms with Gasteiger partial charge in [0, 0.05) is 6.07 Å².